The van der Waals surface area contributed by atoms with E-state index in [0.29, 0.717) is 6.54 Å². The summed E-state index contributed by atoms with van der Waals surface area (Å²) in [6.07, 6.45) is 0.858. The molecule has 0 spiro atoms. The lowest BCUT2D eigenvalue weighted by Crippen LogP contribution is -2.41. The van der Waals surface area contributed by atoms with Crippen molar-refractivity contribution in [3.8, 4) is 0 Å². The number of nitrogens with zero attached hydrogens (tertiary/aromatic N) is 1. The number of rotatable bonds is 7. The fourth-order valence-corrected chi connectivity index (χ4v) is 5.32. The summed E-state index contributed by atoms with van der Waals surface area (Å²) in [5, 5.41) is 0. The molecule has 0 aliphatic carbocycles. The molecule has 6 heteroatoms. The minimum atomic E-state index is -3.84. The van der Waals surface area contributed by atoms with Crippen molar-refractivity contribution in [1.82, 2.24) is 4.90 Å². The van der Waals surface area contributed by atoms with Crippen LogP contribution < -0.4 is 0 Å². The highest BCUT2D eigenvalue weighted by molar-refractivity contribution is 7.86. The number of halogens is 1. The van der Waals surface area contributed by atoms with Crippen LogP contribution in [0.25, 0.3) is 0 Å². The van der Waals surface area contributed by atoms with Crippen LogP contribution in [-0.4, -0.2) is 33.0 Å². The van der Waals surface area contributed by atoms with E-state index in [1.165, 1.54) is 17.7 Å². The first-order valence-electron chi connectivity index (χ1n) is 10.9. The first kappa shape index (κ1) is 22.6. The van der Waals surface area contributed by atoms with Crippen molar-refractivity contribution in [2.75, 3.05) is 19.7 Å². The summed E-state index contributed by atoms with van der Waals surface area (Å²) >= 11 is 0. The van der Waals surface area contributed by atoms with E-state index in [1.54, 1.807) is 36.4 Å². The van der Waals surface area contributed by atoms with E-state index in [-0.39, 0.29) is 29.2 Å². The number of aryl methyl sites for hydroxylation is 1. The molecule has 0 N–H and O–H groups in total. The van der Waals surface area contributed by atoms with E-state index < -0.39 is 10.1 Å². The molecule has 2 atom stereocenters. The van der Waals surface area contributed by atoms with Crippen molar-refractivity contribution in [2.24, 2.45) is 5.92 Å². The van der Waals surface area contributed by atoms with Crippen LogP contribution in [0, 0.1) is 18.7 Å². The first-order valence-corrected chi connectivity index (χ1v) is 12.3. The van der Waals surface area contributed by atoms with Gasteiger partial charge in [-0.3, -0.25) is 9.08 Å². The quantitative estimate of drug-likeness (QED) is 0.465. The molecule has 1 aliphatic heterocycles. The van der Waals surface area contributed by atoms with Gasteiger partial charge in [-0.15, -0.1) is 0 Å². The van der Waals surface area contributed by atoms with Crippen LogP contribution in [0.1, 0.15) is 29.0 Å². The largest absolute Gasteiger partial charge is 0.299 e. The van der Waals surface area contributed by atoms with Crippen LogP contribution in [0.5, 0.6) is 0 Å². The van der Waals surface area contributed by atoms with Gasteiger partial charge in [-0.05, 0) is 61.2 Å². The van der Waals surface area contributed by atoms with Gasteiger partial charge in [0.2, 0.25) is 0 Å². The van der Waals surface area contributed by atoms with E-state index in [9.17, 15) is 12.8 Å². The summed E-state index contributed by atoms with van der Waals surface area (Å²) in [7, 11) is -3.84. The number of piperidine rings is 1. The van der Waals surface area contributed by atoms with Crippen LogP contribution in [-0.2, 0) is 20.8 Å². The van der Waals surface area contributed by atoms with Gasteiger partial charge in [0.1, 0.15) is 5.82 Å². The van der Waals surface area contributed by atoms with Crippen molar-refractivity contribution in [3.05, 3.63) is 101 Å². The second-order valence-corrected chi connectivity index (χ2v) is 10.1. The van der Waals surface area contributed by atoms with Gasteiger partial charge in [0, 0.05) is 19.0 Å². The van der Waals surface area contributed by atoms with Gasteiger partial charge in [0.05, 0.1) is 11.5 Å². The number of hydrogen-bond acceptors (Lipinski definition) is 4. The number of benzene rings is 3. The maximum Gasteiger partial charge on any atom is 0.296 e. The minimum Gasteiger partial charge on any atom is -0.299 e. The number of hydrogen-bond donors (Lipinski definition) is 0. The standard InChI is InChI=1S/C26H28FNO3S/c1-20-7-13-25(14-8-20)32(29,30)31-19-23-18-28(17-21-5-3-2-4-6-21)16-15-26(23)22-9-11-24(27)12-10-22/h2-14,23,26H,15-19H2,1H3/t23-,26+/m1/s1. The topological polar surface area (TPSA) is 46.6 Å². The molecule has 0 aromatic heterocycles. The lowest BCUT2D eigenvalue weighted by atomic mass is 9.81. The molecule has 4 rings (SSSR count). The number of likely N-dealkylation sites (tertiary alicyclic amines) is 1. The highest BCUT2D eigenvalue weighted by Crippen LogP contribution is 2.34. The first-order chi connectivity index (χ1) is 15.4. The summed E-state index contributed by atoms with van der Waals surface area (Å²) in [4.78, 5) is 2.50. The van der Waals surface area contributed by atoms with Gasteiger partial charge < -0.3 is 0 Å². The lowest BCUT2D eigenvalue weighted by Gasteiger charge is -2.38. The Morgan fingerprint density at radius 3 is 2.34 bits per heavy atom. The third kappa shape index (κ3) is 5.63. The zero-order valence-electron chi connectivity index (χ0n) is 18.2. The Morgan fingerprint density at radius 1 is 0.969 bits per heavy atom. The van der Waals surface area contributed by atoms with Gasteiger partial charge in [-0.2, -0.15) is 8.42 Å². The average molecular weight is 454 g/mol. The van der Waals surface area contributed by atoms with Crippen molar-refractivity contribution >= 4 is 10.1 Å². The molecule has 1 aliphatic rings. The van der Waals surface area contributed by atoms with Crippen molar-refractivity contribution in [3.63, 3.8) is 0 Å². The van der Waals surface area contributed by atoms with Crippen LogP contribution in [0.2, 0.25) is 0 Å². The van der Waals surface area contributed by atoms with Gasteiger partial charge in [-0.25, -0.2) is 4.39 Å². The molecule has 0 bridgehead atoms. The summed E-state index contributed by atoms with van der Waals surface area (Å²) in [5.41, 5.74) is 3.23. The second-order valence-electron chi connectivity index (χ2n) is 8.48. The molecule has 32 heavy (non-hydrogen) atoms. The smallest absolute Gasteiger partial charge is 0.296 e. The predicted octanol–water partition coefficient (Wildman–Crippen LogP) is 5.15. The SMILES string of the molecule is Cc1ccc(S(=O)(=O)OC[C@H]2CN(Cc3ccccc3)CC[C@H]2c2ccc(F)cc2)cc1. The van der Waals surface area contributed by atoms with Crippen molar-refractivity contribution in [1.29, 1.82) is 0 Å². The van der Waals surface area contributed by atoms with Crippen molar-refractivity contribution < 1.29 is 17.0 Å². The monoisotopic (exact) mass is 453 g/mol. The van der Waals surface area contributed by atoms with Crippen LogP contribution in [0.3, 0.4) is 0 Å². The summed E-state index contributed by atoms with van der Waals surface area (Å²) in [6, 6.07) is 23.4. The van der Waals surface area contributed by atoms with Gasteiger partial charge >= 0.3 is 0 Å². The van der Waals surface area contributed by atoms with E-state index >= 15 is 0 Å². The Kier molecular flexibility index (Phi) is 7.04. The summed E-state index contributed by atoms with van der Waals surface area (Å²) in [6.45, 7) is 4.40. The van der Waals surface area contributed by atoms with E-state index in [4.69, 9.17) is 4.18 Å². The third-order valence-electron chi connectivity index (χ3n) is 6.11. The zero-order valence-corrected chi connectivity index (χ0v) is 19.0. The molecule has 0 radical (unpaired) electrons. The van der Waals surface area contributed by atoms with Crippen molar-refractivity contribution in [2.45, 2.75) is 30.7 Å². The second kappa shape index (κ2) is 9.94. The Morgan fingerprint density at radius 2 is 1.66 bits per heavy atom. The molecule has 0 amide bonds. The maximum absolute atomic E-state index is 13.5. The zero-order chi connectivity index (χ0) is 22.6. The molecule has 168 valence electrons. The molecule has 0 unspecified atom stereocenters. The van der Waals surface area contributed by atoms with Gasteiger partial charge in [0.15, 0.2) is 0 Å². The molecule has 4 nitrogen and oxygen atoms in total. The Balaban J connectivity index is 1.51. The molecule has 0 saturated carbocycles. The molecule has 3 aromatic carbocycles. The average Bonchev–Trinajstić information content (AvgIpc) is 2.80. The molecule has 3 aromatic rings. The summed E-state index contributed by atoms with van der Waals surface area (Å²) < 4.78 is 44.5. The fourth-order valence-electron chi connectivity index (χ4n) is 4.36. The third-order valence-corrected chi connectivity index (χ3v) is 7.41. The predicted molar refractivity (Wildman–Crippen MR) is 123 cm³/mol. The highest BCUT2D eigenvalue weighted by atomic mass is 32.2. The fraction of sp³-hybridized carbons (Fsp3) is 0.308. The molecule has 1 fully saturated rings. The van der Waals surface area contributed by atoms with E-state index in [1.807, 2.05) is 25.1 Å². The molecule has 1 heterocycles. The molecule has 1 saturated heterocycles. The molecular formula is C26H28FNO3S. The lowest BCUT2D eigenvalue weighted by molar-refractivity contribution is 0.108. The van der Waals surface area contributed by atoms with E-state index in [0.717, 1.165) is 30.6 Å². The maximum atomic E-state index is 13.5. The van der Waals surface area contributed by atoms with Crippen LogP contribution in [0.4, 0.5) is 4.39 Å². The van der Waals surface area contributed by atoms with Gasteiger partial charge in [-0.1, -0.05) is 60.2 Å². The Bertz CT molecular complexity index is 1120. The van der Waals surface area contributed by atoms with E-state index in [2.05, 4.69) is 17.0 Å². The highest BCUT2D eigenvalue weighted by Gasteiger charge is 2.32. The van der Waals surface area contributed by atoms with Crippen LogP contribution in [0.15, 0.2) is 83.8 Å². The minimum absolute atomic E-state index is 0.0295. The summed E-state index contributed by atoms with van der Waals surface area (Å²) in [5.74, 6) is -0.195. The molecular weight excluding hydrogens is 425 g/mol. The van der Waals surface area contributed by atoms with Crippen LogP contribution >= 0.6 is 0 Å². The Labute approximate surface area is 189 Å². The Hall–Kier alpha value is -2.54. The van der Waals surface area contributed by atoms with Gasteiger partial charge in [0.25, 0.3) is 10.1 Å². The normalized spacial score (nSPS) is 19.7.